The van der Waals surface area contributed by atoms with Crippen molar-refractivity contribution in [2.24, 2.45) is 11.8 Å². The van der Waals surface area contributed by atoms with Gasteiger partial charge < -0.3 is 10.1 Å². The van der Waals surface area contributed by atoms with Gasteiger partial charge in [-0.05, 0) is 36.5 Å². The molecule has 108 valence electrons. The van der Waals surface area contributed by atoms with Crippen LogP contribution in [-0.2, 0) is 20.9 Å². The lowest BCUT2D eigenvalue weighted by Crippen LogP contribution is -2.28. The maximum Gasteiger partial charge on any atom is 0.309 e. The second-order valence-electron chi connectivity index (χ2n) is 5.29. The van der Waals surface area contributed by atoms with Gasteiger partial charge in [-0.15, -0.1) is 0 Å². The molecule has 1 aliphatic rings. The van der Waals surface area contributed by atoms with Gasteiger partial charge in [-0.3, -0.25) is 9.59 Å². The van der Waals surface area contributed by atoms with Gasteiger partial charge in [-0.1, -0.05) is 19.1 Å². The van der Waals surface area contributed by atoms with E-state index in [0.29, 0.717) is 11.5 Å². The summed E-state index contributed by atoms with van der Waals surface area (Å²) in [5.41, 5.74) is 1.34. The van der Waals surface area contributed by atoms with Gasteiger partial charge in [0.15, 0.2) is 6.61 Å². The molecule has 2 unspecified atom stereocenters. The van der Waals surface area contributed by atoms with Crippen molar-refractivity contribution in [2.45, 2.75) is 26.8 Å². The van der Waals surface area contributed by atoms with E-state index in [-0.39, 0.29) is 36.8 Å². The zero-order valence-electron chi connectivity index (χ0n) is 11.6. The van der Waals surface area contributed by atoms with Crippen molar-refractivity contribution in [3.63, 3.8) is 0 Å². The summed E-state index contributed by atoms with van der Waals surface area (Å²) in [6, 6.07) is 4.65. The third-order valence-electron chi connectivity index (χ3n) is 3.47. The quantitative estimate of drug-likeness (QED) is 0.838. The fraction of sp³-hybridized carbons (Fsp3) is 0.467. The van der Waals surface area contributed by atoms with E-state index in [4.69, 9.17) is 4.74 Å². The number of rotatable bonds is 5. The minimum atomic E-state index is -0.353. The Morgan fingerprint density at radius 3 is 2.75 bits per heavy atom. The molecule has 1 N–H and O–H groups in total. The largest absolute Gasteiger partial charge is 0.455 e. The van der Waals surface area contributed by atoms with Crippen molar-refractivity contribution in [1.82, 2.24) is 5.32 Å². The third kappa shape index (κ3) is 3.79. The van der Waals surface area contributed by atoms with E-state index < -0.39 is 0 Å². The van der Waals surface area contributed by atoms with Gasteiger partial charge >= 0.3 is 5.97 Å². The van der Waals surface area contributed by atoms with Crippen molar-refractivity contribution < 1.29 is 18.7 Å². The lowest BCUT2D eigenvalue weighted by Gasteiger charge is -2.07. The van der Waals surface area contributed by atoms with Crippen molar-refractivity contribution in [3.05, 3.63) is 35.1 Å². The highest BCUT2D eigenvalue weighted by molar-refractivity contribution is 5.82. The zero-order valence-corrected chi connectivity index (χ0v) is 11.6. The number of hydrogen-bond acceptors (Lipinski definition) is 3. The summed E-state index contributed by atoms with van der Waals surface area (Å²) in [7, 11) is 0. The van der Waals surface area contributed by atoms with E-state index in [2.05, 4.69) is 5.32 Å². The summed E-state index contributed by atoms with van der Waals surface area (Å²) in [5, 5.41) is 2.63. The molecule has 20 heavy (non-hydrogen) atoms. The average Bonchev–Trinajstić information content (AvgIpc) is 3.14. The van der Waals surface area contributed by atoms with E-state index in [0.717, 1.165) is 12.0 Å². The van der Waals surface area contributed by atoms with Crippen molar-refractivity contribution in [3.8, 4) is 0 Å². The first-order valence-electron chi connectivity index (χ1n) is 6.65. The van der Waals surface area contributed by atoms with Gasteiger partial charge in [0.05, 0.1) is 5.92 Å². The molecule has 0 aromatic heterocycles. The Kier molecular flexibility index (Phi) is 4.37. The van der Waals surface area contributed by atoms with Gasteiger partial charge in [0, 0.05) is 6.54 Å². The Hall–Kier alpha value is -1.91. The summed E-state index contributed by atoms with van der Waals surface area (Å²) in [6.45, 7) is 3.67. The van der Waals surface area contributed by atoms with E-state index in [9.17, 15) is 14.0 Å². The van der Waals surface area contributed by atoms with Crippen LogP contribution in [0, 0.1) is 24.6 Å². The highest BCUT2D eigenvalue weighted by Gasteiger charge is 2.40. The topological polar surface area (TPSA) is 55.4 Å². The molecule has 1 aromatic carbocycles. The van der Waals surface area contributed by atoms with Gasteiger partial charge in [0.25, 0.3) is 5.91 Å². The number of hydrogen-bond donors (Lipinski definition) is 1. The van der Waals surface area contributed by atoms with Crippen LogP contribution < -0.4 is 5.32 Å². The molecule has 5 heteroatoms. The molecule has 1 saturated carbocycles. The SMILES string of the molecule is Cc1cc(CNC(=O)COC(=O)C2CC2C)ccc1F. The maximum atomic E-state index is 13.1. The number of amides is 1. The number of carbonyl (C=O) groups is 2. The fourth-order valence-corrected chi connectivity index (χ4v) is 1.96. The molecule has 0 heterocycles. The predicted molar refractivity (Wildman–Crippen MR) is 71.2 cm³/mol. The lowest BCUT2D eigenvalue weighted by molar-refractivity contribution is -0.150. The number of halogens is 1. The summed E-state index contributed by atoms with van der Waals surface area (Å²) in [6.07, 6.45) is 0.843. The molecule has 1 amide bonds. The van der Waals surface area contributed by atoms with Crippen LogP contribution >= 0.6 is 0 Å². The van der Waals surface area contributed by atoms with Crippen LogP contribution in [0.2, 0.25) is 0 Å². The molecule has 0 aliphatic heterocycles. The normalized spacial score (nSPS) is 20.4. The predicted octanol–water partition coefficient (Wildman–Crippen LogP) is 1.95. The maximum absolute atomic E-state index is 13.1. The van der Waals surface area contributed by atoms with Crippen molar-refractivity contribution in [2.75, 3.05) is 6.61 Å². The van der Waals surface area contributed by atoms with Crippen LogP contribution in [0.25, 0.3) is 0 Å². The van der Waals surface area contributed by atoms with Crippen LogP contribution in [0.5, 0.6) is 0 Å². The Labute approximate surface area is 117 Å². The number of esters is 1. The Balaban J connectivity index is 1.72. The summed E-state index contributed by atoms with van der Waals surface area (Å²) >= 11 is 0. The fourth-order valence-electron chi connectivity index (χ4n) is 1.96. The molecule has 4 nitrogen and oxygen atoms in total. The number of ether oxygens (including phenoxy) is 1. The standard InChI is InChI=1S/C15H18FNO3/c1-9-6-12(9)15(19)20-8-14(18)17-7-11-3-4-13(16)10(2)5-11/h3-5,9,12H,6-8H2,1-2H3,(H,17,18). The van der Waals surface area contributed by atoms with Gasteiger partial charge in [0.1, 0.15) is 5.82 Å². The smallest absolute Gasteiger partial charge is 0.309 e. The first-order valence-corrected chi connectivity index (χ1v) is 6.65. The Bertz CT molecular complexity index is 530. The number of nitrogens with one attached hydrogen (secondary N) is 1. The molecule has 1 aliphatic carbocycles. The first-order chi connectivity index (χ1) is 9.47. The molecule has 1 fully saturated rings. The molecule has 2 atom stereocenters. The molecule has 0 bridgehead atoms. The molecule has 2 rings (SSSR count). The van der Waals surface area contributed by atoms with Gasteiger partial charge in [0.2, 0.25) is 0 Å². The van der Waals surface area contributed by atoms with Crippen LogP contribution in [0.3, 0.4) is 0 Å². The van der Waals surface area contributed by atoms with Crippen LogP contribution in [-0.4, -0.2) is 18.5 Å². The zero-order chi connectivity index (χ0) is 14.7. The molecule has 0 radical (unpaired) electrons. The summed E-state index contributed by atoms with van der Waals surface area (Å²) < 4.78 is 18.0. The second kappa shape index (κ2) is 6.03. The molecule has 1 aromatic rings. The number of aryl methyl sites for hydroxylation is 1. The number of carbonyl (C=O) groups excluding carboxylic acids is 2. The minimum absolute atomic E-state index is 0.0393. The summed E-state index contributed by atoms with van der Waals surface area (Å²) in [4.78, 5) is 23.0. The van der Waals surface area contributed by atoms with Crippen LogP contribution in [0.1, 0.15) is 24.5 Å². The van der Waals surface area contributed by atoms with E-state index in [1.807, 2.05) is 6.92 Å². The van der Waals surface area contributed by atoms with E-state index in [1.54, 1.807) is 19.1 Å². The molecule has 0 spiro atoms. The van der Waals surface area contributed by atoms with Crippen LogP contribution in [0.4, 0.5) is 4.39 Å². The summed E-state index contributed by atoms with van der Waals surface area (Å²) in [5.74, 6) is -0.596. The Morgan fingerprint density at radius 1 is 1.45 bits per heavy atom. The third-order valence-corrected chi connectivity index (χ3v) is 3.47. The second-order valence-corrected chi connectivity index (χ2v) is 5.29. The lowest BCUT2D eigenvalue weighted by atomic mass is 10.1. The van der Waals surface area contributed by atoms with Crippen molar-refractivity contribution in [1.29, 1.82) is 0 Å². The van der Waals surface area contributed by atoms with Gasteiger partial charge in [-0.2, -0.15) is 0 Å². The highest BCUT2D eigenvalue weighted by atomic mass is 19.1. The monoisotopic (exact) mass is 279 g/mol. The van der Waals surface area contributed by atoms with E-state index in [1.165, 1.54) is 6.07 Å². The average molecular weight is 279 g/mol. The van der Waals surface area contributed by atoms with Crippen molar-refractivity contribution >= 4 is 11.9 Å². The highest BCUT2D eigenvalue weighted by Crippen LogP contribution is 2.38. The van der Waals surface area contributed by atoms with Crippen LogP contribution in [0.15, 0.2) is 18.2 Å². The minimum Gasteiger partial charge on any atom is -0.455 e. The Morgan fingerprint density at radius 2 is 2.15 bits per heavy atom. The molecule has 0 saturated heterocycles. The van der Waals surface area contributed by atoms with Gasteiger partial charge in [-0.25, -0.2) is 4.39 Å². The molecular formula is C15H18FNO3. The number of benzene rings is 1. The molecular weight excluding hydrogens is 261 g/mol. The van der Waals surface area contributed by atoms with E-state index >= 15 is 0 Å². The first kappa shape index (κ1) is 14.5.